The normalized spacial score (nSPS) is 21.9. The highest BCUT2D eigenvalue weighted by molar-refractivity contribution is 5.95. The number of nitrogens with zero attached hydrogens (tertiary/aromatic N) is 1. The quantitative estimate of drug-likeness (QED) is 0.849. The number of carbonyl (C=O) groups is 2. The minimum Gasteiger partial charge on any atom is -0.493 e. The number of carbonyl (C=O) groups excluding carboxylic acids is 2. The maximum absolute atomic E-state index is 12.7. The van der Waals surface area contributed by atoms with Crippen LogP contribution in [0.3, 0.4) is 0 Å². The van der Waals surface area contributed by atoms with E-state index >= 15 is 0 Å². The maximum Gasteiger partial charge on any atom is 0.254 e. The van der Waals surface area contributed by atoms with Crippen molar-refractivity contribution in [2.75, 3.05) is 19.7 Å². The topological polar surface area (TPSA) is 58.6 Å². The number of hydrogen-bond acceptors (Lipinski definition) is 3. The van der Waals surface area contributed by atoms with Gasteiger partial charge in [-0.15, -0.1) is 0 Å². The third-order valence-electron chi connectivity index (χ3n) is 4.12. The van der Waals surface area contributed by atoms with E-state index in [0.29, 0.717) is 25.1 Å². The fraction of sp³-hybridized carbons (Fsp3) is 0.500. The molecule has 0 saturated carbocycles. The van der Waals surface area contributed by atoms with Crippen LogP contribution in [0.2, 0.25) is 0 Å². The highest BCUT2D eigenvalue weighted by atomic mass is 16.5. The summed E-state index contributed by atoms with van der Waals surface area (Å²) in [5.41, 5.74) is 1.78. The second-order valence-corrected chi connectivity index (χ2v) is 5.68. The van der Waals surface area contributed by atoms with Crippen LogP contribution in [0.25, 0.3) is 0 Å². The van der Waals surface area contributed by atoms with Gasteiger partial charge in [0.25, 0.3) is 5.91 Å². The van der Waals surface area contributed by atoms with Crippen LogP contribution in [0, 0.1) is 0 Å². The van der Waals surface area contributed by atoms with E-state index in [1.165, 1.54) is 0 Å². The number of fused-ring (bicyclic) bond motifs is 1. The van der Waals surface area contributed by atoms with Crippen LogP contribution >= 0.6 is 0 Å². The standard InChI is InChI=1S/C16H20N2O3/c1-11-10-17-15(19)6-7-18(11)16(20)13-4-5-14-12(9-13)3-2-8-21-14/h4-5,9,11H,2-3,6-8,10H2,1H3,(H,17,19). The Balaban J connectivity index is 1.82. The first-order valence-electron chi connectivity index (χ1n) is 7.48. The molecule has 5 heteroatoms. The Morgan fingerprint density at radius 3 is 3.10 bits per heavy atom. The molecule has 5 nitrogen and oxygen atoms in total. The first-order chi connectivity index (χ1) is 10.1. The molecule has 3 rings (SSSR count). The molecular weight excluding hydrogens is 268 g/mol. The van der Waals surface area contributed by atoms with Crippen LogP contribution in [0.5, 0.6) is 5.75 Å². The van der Waals surface area contributed by atoms with Gasteiger partial charge < -0.3 is 15.0 Å². The van der Waals surface area contributed by atoms with Gasteiger partial charge in [-0.2, -0.15) is 0 Å². The van der Waals surface area contributed by atoms with Crippen LogP contribution in [0.1, 0.15) is 35.7 Å². The lowest BCUT2D eigenvalue weighted by molar-refractivity contribution is -0.120. The number of hydrogen-bond donors (Lipinski definition) is 1. The lowest BCUT2D eigenvalue weighted by Crippen LogP contribution is -2.41. The smallest absolute Gasteiger partial charge is 0.254 e. The Labute approximate surface area is 124 Å². The second-order valence-electron chi connectivity index (χ2n) is 5.68. The number of benzene rings is 1. The lowest BCUT2D eigenvalue weighted by atomic mass is 10.0. The van der Waals surface area contributed by atoms with E-state index < -0.39 is 0 Å². The first kappa shape index (κ1) is 13.9. The number of aryl methyl sites for hydroxylation is 1. The number of amides is 2. The van der Waals surface area contributed by atoms with Crippen LogP contribution < -0.4 is 10.1 Å². The molecule has 2 amide bonds. The zero-order chi connectivity index (χ0) is 14.8. The molecule has 1 atom stereocenters. The van der Waals surface area contributed by atoms with Gasteiger partial charge in [-0.1, -0.05) is 0 Å². The molecule has 1 unspecified atom stereocenters. The average molecular weight is 288 g/mol. The summed E-state index contributed by atoms with van der Waals surface area (Å²) in [6.07, 6.45) is 2.30. The highest BCUT2D eigenvalue weighted by Crippen LogP contribution is 2.26. The SMILES string of the molecule is CC1CNC(=O)CCN1C(=O)c1ccc2c(c1)CCCO2. The van der Waals surface area contributed by atoms with Gasteiger partial charge in [-0.3, -0.25) is 9.59 Å². The first-order valence-corrected chi connectivity index (χ1v) is 7.48. The molecule has 1 fully saturated rings. The fourth-order valence-electron chi connectivity index (χ4n) is 2.86. The van der Waals surface area contributed by atoms with Gasteiger partial charge in [-0.05, 0) is 43.5 Å². The van der Waals surface area contributed by atoms with Crippen molar-refractivity contribution in [3.8, 4) is 5.75 Å². The fourth-order valence-corrected chi connectivity index (χ4v) is 2.86. The van der Waals surface area contributed by atoms with Crippen molar-refractivity contribution in [2.45, 2.75) is 32.2 Å². The molecule has 0 bridgehead atoms. The molecule has 2 heterocycles. The molecule has 0 aliphatic carbocycles. The summed E-state index contributed by atoms with van der Waals surface area (Å²) in [7, 11) is 0. The summed E-state index contributed by atoms with van der Waals surface area (Å²) >= 11 is 0. The highest BCUT2D eigenvalue weighted by Gasteiger charge is 2.26. The zero-order valence-corrected chi connectivity index (χ0v) is 12.2. The number of nitrogens with one attached hydrogen (secondary N) is 1. The van der Waals surface area contributed by atoms with E-state index in [0.717, 1.165) is 30.8 Å². The zero-order valence-electron chi connectivity index (χ0n) is 12.2. The summed E-state index contributed by atoms with van der Waals surface area (Å²) in [6, 6.07) is 5.65. The van der Waals surface area contributed by atoms with Crippen molar-refractivity contribution in [3.63, 3.8) is 0 Å². The van der Waals surface area contributed by atoms with Crippen molar-refractivity contribution in [1.82, 2.24) is 10.2 Å². The third-order valence-corrected chi connectivity index (χ3v) is 4.12. The molecule has 2 aliphatic heterocycles. The predicted octanol–water partition coefficient (Wildman–Crippen LogP) is 1.36. The van der Waals surface area contributed by atoms with Crippen molar-refractivity contribution < 1.29 is 14.3 Å². The van der Waals surface area contributed by atoms with E-state index in [2.05, 4.69) is 5.32 Å². The molecule has 1 saturated heterocycles. The minimum absolute atomic E-state index is 0.00706. The van der Waals surface area contributed by atoms with Gasteiger partial charge in [0.2, 0.25) is 5.91 Å². The summed E-state index contributed by atoms with van der Waals surface area (Å²) in [5.74, 6) is 0.891. The summed E-state index contributed by atoms with van der Waals surface area (Å²) in [4.78, 5) is 25.9. The monoisotopic (exact) mass is 288 g/mol. The largest absolute Gasteiger partial charge is 0.493 e. The Kier molecular flexibility index (Phi) is 3.82. The molecule has 0 aromatic heterocycles. The van der Waals surface area contributed by atoms with Crippen LogP contribution in [-0.2, 0) is 11.2 Å². The van der Waals surface area contributed by atoms with Gasteiger partial charge >= 0.3 is 0 Å². The number of ether oxygens (including phenoxy) is 1. The maximum atomic E-state index is 12.7. The van der Waals surface area contributed by atoms with Gasteiger partial charge in [-0.25, -0.2) is 0 Å². The summed E-state index contributed by atoms with van der Waals surface area (Å²) in [5, 5.41) is 2.83. The predicted molar refractivity (Wildman–Crippen MR) is 78.4 cm³/mol. The Morgan fingerprint density at radius 1 is 1.38 bits per heavy atom. The molecule has 2 aliphatic rings. The van der Waals surface area contributed by atoms with Crippen molar-refractivity contribution in [3.05, 3.63) is 29.3 Å². The van der Waals surface area contributed by atoms with Crippen molar-refractivity contribution in [1.29, 1.82) is 0 Å². The van der Waals surface area contributed by atoms with E-state index in [1.807, 2.05) is 25.1 Å². The van der Waals surface area contributed by atoms with Crippen LogP contribution in [0.15, 0.2) is 18.2 Å². The molecule has 112 valence electrons. The Bertz CT molecular complexity index is 571. The molecule has 1 N–H and O–H groups in total. The molecule has 1 aromatic rings. The van der Waals surface area contributed by atoms with Crippen molar-refractivity contribution in [2.24, 2.45) is 0 Å². The molecule has 1 aromatic carbocycles. The Hall–Kier alpha value is -2.04. The summed E-state index contributed by atoms with van der Waals surface area (Å²) in [6.45, 7) is 3.69. The third kappa shape index (κ3) is 2.86. The van der Waals surface area contributed by atoms with Gasteiger partial charge in [0.15, 0.2) is 0 Å². The Morgan fingerprint density at radius 2 is 2.24 bits per heavy atom. The van der Waals surface area contributed by atoms with Gasteiger partial charge in [0.1, 0.15) is 5.75 Å². The second kappa shape index (κ2) is 5.76. The lowest BCUT2D eigenvalue weighted by Gasteiger charge is -2.27. The van der Waals surface area contributed by atoms with Gasteiger partial charge in [0.05, 0.1) is 6.61 Å². The molecule has 21 heavy (non-hydrogen) atoms. The van der Waals surface area contributed by atoms with Crippen molar-refractivity contribution >= 4 is 11.8 Å². The van der Waals surface area contributed by atoms with Gasteiger partial charge in [0, 0.05) is 31.1 Å². The van der Waals surface area contributed by atoms with E-state index in [4.69, 9.17) is 4.74 Å². The van der Waals surface area contributed by atoms with E-state index in [9.17, 15) is 9.59 Å². The molecule has 0 radical (unpaired) electrons. The van der Waals surface area contributed by atoms with Crippen LogP contribution in [-0.4, -0.2) is 42.5 Å². The minimum atomic E-state index is -0.00706. The number of rotatable bonds is 1. The molecule has 0 spiro atoms. The van der Waals surface area contributed by atoms with Crippen LogP contribution in [0.4, 0.5) is 0 Å². The van der Waals surface area contributed by atoms with E-state index in [-0.39, 0.29) is 17.9 Å². The molecular formula is C16H20N2O3. The van der Waals surface area contributed by atoms with E-state index in [1.54, 1.807) is 4.90 Å². The summed E-state index contributed by atoms with van der Waals surface area (Å²) < 4.78 is 5.58. The average Bonchev–Trinajstić information content (AvgIpc) is 2.68.